The molecule has 0 spiro atoms. The number of anilines is 1. The summed E-state index contributed by atoms with van der Waals surface area (Å²) in [5, 5.41) is 13.6. The predicted octanol–water partition coefficient (Wildman–Crippen LogP) is 5.24. The van der Waals surface area contributed by atoms with E-state index in [1.165, 1.54) is 6.33 Å². The molecule has 2 heterocycles. The molecule has 1 fully saturated rings. The first-order valence-electron chi connectivity index (χ1n) is 12.1. The molecule has 0 aliphatic carbocycles. The molecular weight excluding hydrogens is 450 g/mol. The van der Waals surface area contributed by atoms with Crippen molar-refractivity contribution in [1.82, 2.24) is 14.9 Å². The fraction of sp³-hybridized carbons (Fsp3) is 0.241. The van der Waals surface area contributed by atoms with Crippen LogP contribution in [-0.2, 0) is 13.2 Å². The van der Waals surface area contributed by atoms with E-state index in [2.05, 4.69) is 21.4 Å². The summed E-state index contributed by atoms with van der Waals surface area (Å²) in [4.78, 5) is 23.8. The second-order valence-electron chi connectivity index (χ2n) is 8.97. The number of nitrogens with zero attached hydrogens (tertiary/aromatic N) is 4. The van der Waals surface area contributed by atoms with Gasteiger partial charge >= 0.3 is 0 Å². The Morgan fingerprint density at radius 3 is 2.67 bits per heavy atom. The Morgan fingerprint density at radius 2 is 1.89 bits per heavy atom. The van der Waals surface area contributed by atoms with Crippen LogP contribution in [0.3, 0.4) is 0 Å². The number of aryl methyl sites for hydroxylation is 1. The Morgan fingerprint density at radius 1 is 1.08 bits per heavy atom. The van der Waals surface area contributed by atoms with Crippen LogP contribution >= 0.6 is 0 Å². The number of carbonyl (C=O) groups is 1. The van der Waals surface area contributed by atoms with Crippen LogP contribution < -0.4 is 10.1 Å². The minimum atomic E-state index is 0.0635. The number of aromatic nitrogens is 2. The lowest BCUT2D eigenvalue weighted by Gasteiger charge is -2.18. The SMILES string of the molecule is Cc1cc2c(NCc3cc(C#N)ccc3OCc3ccccc3)ncnc2cc1C(=O)N1CCCC1. The standard InChI is InChI=1S/C29H27N5O2/c1-20-13-25-26(15-24(20)29(35)34-11-5-6-12-34)32-19-33-28(25)31-17-23-14-22(16-30)9-10-27(23)36-18-21-7-3-2-4-8-21/h2-4,7-10,13-15,19H,5-6,11-12,17-18H2,1H3,(H,31,32,33). The van der Waals surface area contributed by atoms with Crippen molar-refractivity contribution in [3.63, 3.8) is 0 Å². The first kappa shape index (κ1) is 23.3. The van der Waals surface area contributed by atoms with Gasteiger partial charge in [-0.05, 0) is 61.2 Å². The van der Waals surface area contributed by atoms with Crippen molar-refractivity contribution >= 4 is 22.6 Å². The van der Waals surface area contributed by atoms with Crippen LogP contribution in [0, 0.1) is 18.3 Å². The average molecular weight is 478 g/mol. The maximum Gasteiger partial charge on any atom is 0.254 e. The van der Waals surface area contributed by atoms with Gasteiger partial charge in [0.15, 0.2) is 0 Å². The molecule has 1 aromatic heterocycles. The molecule has 7 nitrogen and oxygen atoms in total. The van der Waals surface area contributed by atoms with Gasteiger partial charge in [0, 0.05) is 36.1 Å². The van der Waals surface area contributed by atoms with Crippen LogP contribution in [-0.4, -0.2) is 33.9 Å². The number of amides is 1. The zero-order valence-corrected chi connectivity index (χ0v) is 20.2. The van der Waals surface area contributed by atoms with Crippen molar-refractivity contribution in [3.05, 3.63) is 94.8 Å². The second kappa shape index (κ2) is 10.4. The van der Waals surface area contributed by atoms with E-state index in [9.17, 15) is 10.1 Å². The lowest BCUT2D eigenvalue weighted by atomic mass is 10.0. The number of nitriles is 1. The van der Waals surface area contributed by atoms with E-state index >= 15 is 0 Å². The Labute approximate surface area is 210 Å². The molecule has 1 amide bonds. The minimum absolute atomic E-state index is 0.0635. The van der Waals surface area contributed by atoms with Crippen molar-refractivity contribution in [2.24, 2.45) is 0 Å². The number of rotatable bonds is 7. The highest BCUT2D eigenvalue weighted by Crippen LogP contribution is 2.27. The molecule has 1 aliphatic heterocycles. The normalized spacial score (nSPS) is 12.9. The summed E-state index contributed by atoms with van der Waals surface area (Å²) >= 11 is 0. The van der Waals surface area contributed by atoms with Gasteiger partial charge in [0.25, 0.3) is 5.91 Å². The van der Waals surface area contributed by atoms with Gasteiger partial charge < -0.3 is 15.0 Å². The Balaban J connectivity index is 1.39. The van der Waals surface area contributed by atoms with Crippen LogP contribution in [0.25, 0.3) is 10.9 Å². The maximum atomic E-state index is 13.0. The smallest absolute Gasteiger partial charge is 0.254 e. The highest BCUT2D eigenvalue weighted by Gasteiger charge is 2.22. The fourth-order valence-corrected chi connectivity index (χ4v) is 4.52. The lowest BCUT2D eigenvalue weighted by molar-refractivity contribution is 0.0792. The van der Waals surface area contributed by atoms with Crippen LogP contribution in [0.2, 0.25) is 0 Å². The van der Waals surface area contributed by atoms with E-state index < -0.39 is 0 Å². The van der Waals surface area contributed by atoms with E-state index in [4.69, 9.17) is 4.74 Å². The molecule has 0 bridgehead atoms. The van der Waals surface area contributed by atoms with Crippen LogP contribution in [0.4, 0.5) is 5.82 Å². The zero-order chi connectivity index (χ0) is 24.9. The lowest BCUT2D eigenvalue weighted by Crippen LogP contribution is -2.28. The Hall–Kier alpha value is -4.44. The van der Waals surface area contributed by atoms with E-state index in [1.807, 2.05) is 66.4 Å². The minimum Gasteiger partial charge on any atom is -0.489 e. The van der Waals surface area contributed by atoms with Gasteiger partial charge in [-0.3, -0.25) is 4.79 Å². The third kappa shape index (κ3) is 4.98. The highest BCUT2D eigenvalue weighted by molar-refractivity contribution is 6.01. The first-order valence-corrected chi connectivity index (χ1v) is 12.1. The average Bonchev–Trinajstić information content (AvgIpc) is 3.46. The van der Waals surface area contributed by atoms with Gasteiger partial charge in [-0.2, -0.15) is 5.26 Å². The first-order chi connectivity index (χ1) is 17.6. The maximum absolute atomic E-state index is 13.0. The molecule has 36 heavy (non-hydrogen) atoms. The van der Waals surface area contributed by atoms with Crippen molar-refractivity contribution in [2.45, 2.75) is 32.9 Å². The number of benzene rings is 3. The molecule has 0 unspecified atom stereocenters. The molecule has 5 rings (SSSR count). The summed E-state index contributed by atoms with van der Waals surface area (Å²) in [6.45, 7) is 4.42. The van der Waals surface area contributed by atoms with E-state index in [0.717, 1.165) is 48.0 Å². The molecule has 1 saturated heterocycles. The summed E-state index contributed by atoms with van der Waals surface area (Å²) in [7, 11) is 0. The summed E-state index contributed by atoms with van der Waals surface area (Å²) in [6.07, 6.45) is 3.61. The molecule has 1 aliphatic rings. The van der Waals surface area contributed by atoms with E-state index in [0.29, 0.717) is 41.4 Å². The molecular formula is C29H27N5O2. The number of carbonyl (C=O) groups excluding carboxylic acids is 1. The molecule has 180 valence electrons. The van der Waals surface area contributed by atoms with E-state index in [1.54, 1.807) is 6.07 Å². The van der Waals surface area contributed by atoms with Crippen LogP contribution in [0.1, 0.15) is 45.5 Å². The number of likely N-dealkylation sites (tertiary alicyclic amines) is 1. The summed E-state index contributed by atoms with van der Waals surface area (Å²) in [6, 6.07) is 21.4. The zero-order valence-electron chi connectivity index (χ0n) is 20.2. The molecule has 0 atom stereocenters. The van der Waals surface area contributed by atoms with Crippen molar-refractivity contribution in [1.29, 1.82) is 5.26 Å². The predicted molar refractivity (Wildman–Crippen MR) is 139 cm³/mol. The summed E-state index contributed by atoms with van der Waals surface area (Å²) in [5.74, 6) is 1.44. The quantitative estimate of drug-likeness (QED) is 0.392. The number of ether oxygens (including phenoxy) is 1. The Kier molecular flexibility index (Phi) is 6.76. The van der Waals surface area contributed by atoms with Gasteiger partial charge in [0.05, 0.1) is 17.1 Å². The van der Waals surface area contributed by atoms with Crippen molar-refractivity contribution in [3.8, 4) is 11.8 Å². The number of fused-ring (bicyclic) bond motifs is 1. The third-order valence-electron chi connectivity index (χ3n) is 6.48. The molecule has 0 radical (unpaired) electrons. The van der Waals surface area contributed by atoms with E-state index in [-0.39, 0.29) is 5.91 Å². The monoisotopic (exact) mass is 477 g/mol. The molecule has 4 aromatic rings. The van der Waals surface area contributed by atoms with Gasteiger partial charge in [0.1, 0.15) is 24.5 Å². The molecule has 7 heteroatoms. The van der Waals surface area contributed by atoms with Crippen molar-refractivity contribution in [2.75, 3.05) is 18.4 Å². The van der Waals surface area contributed by atoms with Gasteiger partial charge in [-0.25, -0.2) is 9.97 Å². The van der Waals surface area contributed by atoms with Gasteiger partial charge in [-0.15, -0.1) is 0 Å². The van der Waals surface area contributed by atoms with Crippen molar-refractivity contribution < 1.29 is 9.53 Å². The number of hydrogen-bond acceptors (Lipinski definition) is 6. The highest BCUT2D eigenvalue weighted by atomic mass is 16.5. The van der Waals surface area contributed by atoms with Crippen LogP contribution in [0.15, 0.2) is 67.0 Å². The topological polar surface area (TPSA) is 91.1 Å². The molecule has 1 N–H and O–H groups in total. The number of nitrogens with one attached hydrogen (secondary N) is 1. The Bertz CT molecular complexity index is 1440. The molecule has 0 saturated carbocycles. The summed E-state index contributed by atoms with van der Waals surface area (Å²) < 4.78 is 6.08. The summed E-state index contributed by atoms with van der Waals surface area (Å²) in [5.41, 5.74) is 4.79. The largest absolute Gasteiger partial charge is 0.489 e. The second-order valence-corrected chi connectivity index (χ2v) is 8.97. The fourth-order valence-electron chi connectivity index (χ4n) is 4.52. The van der Waals surface area contributed by atoms with Gasteiger partial charge in [-0.1, -0.05) is 30.3 Å². The number of hydrogen-bond donors (Lipinski definition) is 1. The van der Waals surface area contributed by atoms with Gasteiger partial charge in [0.2, 0.25) is 0 Å². The third-order valence-corrected chi connectivity index (χ3v) is 6.48. The molecule has 3 aromatic carbocycles. The van der Waals surface area contributed by atoms with Crippen LogP contribution in [0.5, 0.6) is 5.75 Å².